The average Bonchev–Trinajstić information content (AvgIpc) is 3.04. The van der Waals surface area contributed by atoms with Gasteiger partial charge in [-0.05, 0) is 36.2 Å². The summed E-state index contributed by atoms with van der Waals surface area (Å²) in [6.45, 7) is 0.875. The summed E-state index contributed by atoms with van der Waals surface area (Å²) in [5, 5.41) is 2.63. The van der Waals surface area contributed by atoms with Crippen molar-refractivity contribution >= 4 is 29.1 Å². The Bertz CT molecular complexity index is 859. The van der Waals surface area contributed by atoms with Crippen LogP contribution in [-0.4, -0.2) is 36.9 Å². The number of methoxy groups -OCH3 is 1. The van der Waals surface area contributed by atoms with E-state index in [0.717, 1.165) is 11.3 Å². The molecule has 27 heavy (non-hydrogen) atoms. The first-order chi connectivity index (χ1) is 13.0. The first-order valence-corrected chi connectivity index (χ1v) is 9.01. The highest BCUT2D eigenvalue weighted by molar-refractivity contribution is 6.31. The lowest BCUT2D eigenvalue weighted by molar-refractivity contribution is -0.128. The summed E-state index contributed by atoms with van der Waals surface area (Å²) >= 11 is 5.73. The first-order valence-electron chi connectivity index (χ1n) is 8.63. The zero-order chi connectivity index (χ0) is 19.4. The van der Waals surface area contributed by atoms with Crippen molar-refractivity contribution in [1.82, 2.24) is 4.90 Å². The van der Waals surface area contributed by atoms with Crippen molar-refractivity contribution in [2.45, 2.75) is 12.8 Å². The number of carbonyl (C=O) groups is 2. The third-order valence-electron chi connectivity index (χ3n) is 4.62. The van der Waals surface area contributed by atoms with Gasteiger partial charge in [-0.15, -0.1) is 0 Å². The molecule has 1 aliphatic rings. The molecule has 2 aromatic carbocycles. The van der Waals surface area contributed by atoms with E-state index in [2.05, 4.69) is 5.32 Å². The molecule has 0 aromatic heterocycles. The van der Waals surface area contributed by atoms with Crippen LogP contribution >= 0.6 is 11.6 Å². The molecule has 2 amide bonds. The molecule has 5 nitrogen and oxygen atoms in total. The average molecular weight is 391 g/mol. The molecular weight excluding hydrogens is 371 g/mol. The maximum Gasteiger partial charge on any atom is 0.229 e. The number of halogens is 2. The zero-order valence-electron chi connectivity index (χ0n) is 14.9. The van der Waals surface area contributed by atoms with Crippen LogP contribution in [0.25, 0.3) is 0 Å². The number of carbonyl (C=O) groups excluding carboxylic acids is 2. The molecule has 1 aliphatic heterocycles. The highest BCUT2D eigenvalue weighted by Gasteiger charge is 2.34. The summed E-state index contributed by atoms with van der Waals surface area (Å²) < 4.78 is 18.5. The van der Waals surface area contributed by atoms with E-state index < -0.39 is 11.7 Å². The third-order valence-corrected chi connectivity index (χ3v) is 4.91. The van der Waals surface area contributed by atoms with Crippen LogP contribution in [0.15, 0.2) is 42.5 Å². The quantitative estimate of drug-likeness (QED) is 0.821. The van der Waals surface area contributed by atoms with Crippen molar-refractivity contribution in [1.29, 1.82) is 0 Å². The second kappa shape index (κ2) is 8.39. The fourth-order valence-electron chi connectivity index (χ4n) is 3.15. The maximum atomic E-state index is 13.2. The highest BCUT2D eigenvalue weighted by Crippen LogP contribution is 2.24. The maximum absolute atomic E-state index is 13.2. The predicted octanol–water partition coefficient (Wildman–Crippen LogP) is 3.52. The van der Waals surface area contributed by atoms with Gasteiger partial charge in [-0.25, -0.2) is 4.39 Å². The number of rotatable bonds is 6. The lowest BCUT2D eigenvalue weighted by atomic mass is 10.1. The molecular formula is C20H20ClFN2O3. The van der Waals surface area contributed by atoms with Crippen LogP contribution in [0.2, 0.25) is 5.02 Å². The number of amides is 2. The molecule has 142 valence electrons. The van der Waals surface area contributed by atoms with E-state index in [1.807, 2.05) is 24.3 Å². The molecule has 0 aliphatic carbocycles. The van der Waals surface area contributed by atoms with Crippen molar-refractivity contribution < 1.29 is 18.7 Å². The molecule has 1 fully saturated rings. The second-order valence-corrected chi connectivity index (χ2v) is 6.83. The number of hydrogen-bond donors (Lipinski definition) is 1. The Labute approximate surface area is 162 Å². The van der Waals surface area contributed by atoms with Gasteiger partial charge in [-0.2, -0.15) is 0 Å². The molecule has 0 radical (unpaired) electrons. The van der Waals surface area contributed by atoms with Crippen LogP contribution in [0, 0.1) is 11.7 Å². The van der Waals surface area contributed by atoms with Crippen LogP contribution in [0.4, 0.5) is 10.1 Å². The smallest absolute Gasteiger partial charge is 0.229 e. The number of hydrogen-bond acceptors (Lipinski definition) is 3. The molecule has 1 unspecified atom stereocenters. The van der Waals surface area contributed by atoms with Gasteiger partial charge in [0.1, 0.15) is 11.6 Å². The standard InChI is InChI=1S/C20H20ClFN2O3/c1-27-18-5-3-2-4-13(18)8-9-24-12-14(10-19(24)25)20(26)23-15-6-7-17(22)16(21)11-15/h2-7,11,14H,8-10,12H2,1H3,(H,23,26). The number of nitrogens with zero attached hydrogens (tertiary/aromatic N) is 1. The van der Waals surface area contributed by atoms with Crippen molar-refractivity contribution in [3.63, 3.8) is 0 Å². The largest absolute Gasteiger partial charge is 0.496 e. The van der Waals surface area contributed by atoms with E-state index in [0.29, 0.717) is 25.2 Å². The Kier molecular flexibility index (Phi) is 5.96. The lowest BCUT2D eigenvalue weighted by Crippen LogP contribution is -2.30. The summed E-state index contributed by atoms with van der Waals surface area (Å²) in [6, 6.07) is 11.6. The van der Waals surface area contributed by atoms with Crippen LogP contribution in [0.1, 0.15) is 12.0 Å². The minimum Gasteiger partial charge on any atom is -0.496 e. The normalized spacial score (nSPS) is 16.5. The zero-order valence-corrected chi connectivity index (χ0v) is 15.6. The van der Waals surface area contributed by atoms with E-state index in [-0.39, 0.29) is 23.3 Å². The number of nitrogens with one attached hydrogen (secondary N) is 1. The number of likely N-dealkylation sites (tertiary alicyclic amines) is 1. The summed E-state index contributed by atoms with van der Waals surface area (Å²) in [7, 11) is 1.61. The molecule has 1 N–H and O–H groups in total. The molecule has 1 heterocycles. The molecule has 3 rings (SSSR count). The summed E-state index contributed by atoms with van der Waals surface area (Å²) in [5.41, 5.74) is 1.42. The van der Waals surface area contributed by atoms with Gasteiger partial charge in [-0.1, -0.05) is 29.8 Å². The molecule has 0 spiro atoms. The van der Waals surface area contributed by atoms with Crippen molar-refractivity contribution in [3.05, 3.63) is 58.9 Å². The first kappa shape index (κ1) is 19.2. The molecule has 1 atom stereocenters. The monoisotopic (exact) mass is 390 g/mol. The van der Waals surface area contributed by atoms with E-state index in [1.165, 1.54) is 18.2 Å². The van der Waals surface area contributed by atoms with Crippen LogP contribution in [0.3, 0.4) is 0 Å². The predicted molar refractivity (Wildman–Crippen MR) is 101 cm³/mol. The Morgan fingerprint density at radius 3 is 2.85 bits per heavy atom. The summed E-state index contributed by atoms with van der Waals surface area (Å²) in [5.74, 6) is -0.535. The number of para-hydroxylation sites is 1. The van der Waals surface area contributed by atoms with E-state index in [4.69, 9.17) is 16.3 Å². The SMILES string of the molecule is COc1ccccc1CCN1CC(C(=O)Nc2ccc(F)c(Cl)c2)CC1=O. The van der Waals surface area contributed by atoms with E-state index in [9.17, 15) is 14.0 Å². The Morgan fingerprint density at radius 2 is 2.11 bits per heavy atom. The third kappa shape index (κ3) is 4.57. The minimum atomic E-state index is -0.548. The van der Waals surface area contributed by atoms with Gasteiger partial charge in [-0.3, -0.25) is 9.59 Å². The van der Waals surface area contributed by atoms with Gasteiger partial charge in [0.05, 0.1) is 18.1 Å². The Morgan fingerprint density at radius 1 is 1.33 bits per heavy atom. The Hall–Kier alpha value is -2.60. The van der Waals surface area contributed by atoms with Crippen LogP contribution in [-0.2, 0) is 16.0 Å². The number of ether oxygens (including phenoxy) is 1. The topological polar surface area (TPSA) is 58.6 Å². The fourth-order valence-corrected chi connectivity index (χ4v) is 3.33. The minimum absolute atomic E-state index is 0.0535. The van der Waals surface area contributed by atoms with Gasteiger partial charge in [0.15, 0.2) is 0 Å². The van der Waals surface area contributed by atoms with Gasteiger partial charge in [0.25, 0.3) is 0 Å². The van der Waals surface area contributed by atoms with Gasteiger partial charge < -0.3 is 15.0 Å². The van der Waals surface area contributed by atoms with Gasteiger partial charge in [0.2, 0.25) is 11.8 Å². The Balaban J connectivity index is 1.57. The van der Waals surface area contributed by atoms with Gasteiger partial charge in [0, 0.05) is 25.2 Å². The molecule has 0 bridgehead atoms. The van der Waals surface area contributed by atoms with Crippen molar-refractivity contribution in [3.8, 4) is 5.75 Å². The van der Waals surface area contributed by atoms with Crippen LogP contribution < -0.4 is 10.1 Å². The van der Waals surface area contributed by atoms with Gasteiger partial charge >= 0.3 is 0 Å². The van der Waals surface area contributed by atoms with Crippen molar-refractivity contribution in [2.75, 3.05) is 25.5 Å². The second-order valence-electron chi connectivity index (χ2n) is 6.42. The number of benzene rings is 2. The van der Waals surface area contributed by atoms with E-state index >= 15 is 0 Å². The summed E-state index contributed by atoms with van der Waals surface area (Å²) in [4.78, 5) is 26.4. The molecule has 7 heteroatoms. The fraction of sp³-hybridized carbons (Fsp3) is 0.300. The van der Waals surface area contributed by atoms with Crippen molar-refractivity contribution in [2.24, 2.45) is 5.92 Å². The highest BCUT2D eigenvalue weighted by atomic mass is 35.5. The molecule has 2 aromatic rings. The number of anilines is 1. The summed E-state index contributed by atoms with van der Waals surface area (Å²) in [6.07, 6.45) is 0.810. The van der Waals surface area contributed by atoms with Crippen LogP contribution in [0.5, 0.6) is 5.75 Å². The van der Waals surface area contributed by atoms with E-state index in [1.54, 1.807) is 12.0 Å². The molecule has 1 saturated heterocycles. The molecule has 0 saturated carbocycles. The lowest BCUT2D eigenvalue weighted by Gasteiger charge is -2.17.